The lowest BCUT2D eigenvalue weighted by Crippen LogP contribution is -2.32. The minimum absolute atomic E-state index is 0.208. The number of para-hydroxylation sites is 1. The van der Waals surface area contributed by atoms with Crippen molar-refractivity contribution in [2.45, 2.75) is 25.2 Å². The molecule has 3 N–H and O–H groups in total. The first-order valence-electron chi connectivity index (χ1n) is 5.57. The van der Waals surface area contributed by atoms with Gasteiger partial charge >= 0.3 is 0 Å². The number of hydrogen-bond acceptors (Lipinski definition) is 3. The van der Waals surface area contributed by atoms with Crippen molar-refractivity contribution in [2.24, 2.45) is 11.1 Å². The zero-order valence-corrected chi connectivity index (χ0v) is 11.4. The Morgan fingerprint density at radius 2 is 2.06 bits per heavy atom. The Morgan fingerprint density at radius 1 is 1.41 bits per heavy atom. The molecule has 3 nitrogen and oxygen atoms in total. The SMILES string of the molecule is CSc1ccccc1OCCC(C)(C)C(=N)N. The number of benzene rings is 1. The molecule has 4 heteroatoms. The van der Waals surface area contributed by atoms with E-state index in [4.69, 9.17) is 15.9 Å². The van der Waals surface area contributed by atoms with Gasteiger partial charge in [-0.2, -0.15) is 0 Å². The van der Waals surface area contributed by atoms with E-state index >= 15 is 0 Å². The van der Waals surface area contributed by atoms with Crippen LogP contribution in [0.15, 0.2) is 29.2 Å². The van der Waals surface area contributed by atoms with E-state index in [9.17, 15) is 0 Å². The van der Waals surface area contributed by atoms with Gasteiger partial charge in [0.05, 0.1) is 12.4 Å². The van der Waals surface area contributed by atoms with Gasteiger partial charge in [-0.15, -0.1) is 11.8 Å². The smallest absolute Gasteiger partial charge is 0.132 e. The van der Waals surface area contributed by atoms with Crippen LogP contribution in [0.4, 0.5) is 0 Å². The van der Waals surface area contributed by atoms with Crippen molar-refractivity contribution in [1.29, 1.82) is 5.41 Å². The molecule has 0 fully saturated rings. The maximum atomic E-state index is 7.48. The van der Waals surface area contributed by atoms with Crippen LogP contribution in [0.3, 0.4) is 0 Å². The third kappa shape index (κ3) is 3.97. The average Bonchev–Trinajstić information content (AvgIpc) is 2.29. The Morgan fingerprint density at radius 3 is 2.65 bits per heavy atom. The molecular formula is C13H20N2OS. The fourth-order valence-corrected chi connectivity index (χ4v) is 1.83. The lowest BCUT2D eigenvalue weighted by Gasteiger charge is -2.23. The molecule has 0 heterocycles. The van der Waals surface area contributed by atoms with Crippen molar-refractivity contribution >= 4 is 17.6 Å². The second-order valence-corrected chi connectivity index (χ2v) is 5.39. The fraction of sp³-hybridized carbons (Fsp3) is 0.462. The first-order valence-corrected chi connectivity index (χ1v) is 6.80. The Kier molecular flexibility index (Phi) is 4.87. The van der Waals surface area contributed by atoms with Crippen molar-refractivity contribution < 1.29 is 4.74 Å². The highest BCUT2D eigenvalue weighted by molar-refractivity contribution is 7.98. The predicted octanol–water partition coefficient (Wildman–Crippen LogP) is 3.14. The molecular weight excluding hydrogens is 232 g/mol. The molecule has 1 aromatic rings. The normalized spacial score (nSPS) is 11.2. The van der Waals surface area contributed by atoms with Gasteiger partial charge < -0.3 is 10.5 Å². The number of nitrogens with two attached hydrogens (primary N) is 1. The number of ether oxygens (including phenoxy) is 1. The predicted molar refractivity (Wildman–Crippen MR) is 74.0 cm³/mol. The van der Waals surface area contributed by atoms with E-state index in [0.717, 1.165) is 17.1 Å². The van der Waals surface area contributed by atoms with Crippen LogP contribution in [-0.4, -0.2) is 18.7 Å². The quantitative estimate of drug-likeness (QED) is 0.464. The molecule has 0 amide bonds. The number of rotatable bonds is 6. The summed E-state index contributed by atoms with van der Waals surface area (Å²) in [5.74, 6) is 1.11. The summed E-state index contributed by atoms with van der Waals surface area (Å²) in [5.41, 5.74) is 5.23. The third-order valence-electron chi connectivity index (χ3n) is 2.78. The first-order chi connectivity index (χ1) is 7.97. The van der Waals surface area contributed by atoms with Gasteiger partial charge in [0.2, 0.25) is 0 Å². The first kappa shape index (κ1) is 13.9. The number of thioether (sulfide) groups is 1. The third-order valence-corrected chi connectivity index (χ3v) is 3.56. The molecule has 0 unspecified atom stereocenters. The number of amidine groups is 1. The van der Waals surface area contributed by atoms with Gasteiger partial charge in [-0.3, -0.25) is 5.41 Å². The Balaban J connectivity index is 2.54. The Hall–Kier alpha value is -1.16. The topological polar surface area (TPSA) is 59.1 Å². The van der Waals surface area contributed by atoms with Crippen LogP contribution in [0.5, 0.6) is 5.75 Å². The molecule has 0 atom stereocenters. The van der Waals surface area contributed by atoms with E-state index in [1.165, 1.54) is 0 Å². The van der Waals surface area contributed by atoms with Crippen molar-refractivity contribution in [1.82, 2.24) is 0 Å². The fourth-order valence-electron chi connectivity index (χ4n) is 1.29. The molecule has 0 spiro atoms. The van der Waals surface area contributed by atoms with Crippen molar-refractivity contribution in [3.63, 3.8) is 0 Å². The van der Waals surface area contributed by atoms with Crippen LogP contribution >= 0.6 is 11.8 Å². The molecule has 0 aliphatic carbocycles. The van der Waals surface area contributed by atoms with Crippen LogP contribution < -0.4 is 10.5 Å². The van der Waals surface area contributed by atoms with Gasteiger partial charge in [-0.05, 0) is 24.8 Å². The van der Waals surface area contributed by atoms with Gasteiger partial charge in [0, 0.05) is 10.3 Å². The molecule has 1 rings (SSSR count). The molecule has 17 heavy (non-hydrogen) atoms. The summed E-state index contributed by atoms with van der Waals surface area (Å²) in [5, 5.41) is 7.48. The molecule has 0 bridgehead atoms. The molecule has 0 aliphatic heterocycles. The zero-order chi connectivity index (χ0) is 12.9. The monoisotopic (exact) mass is 252 g/mol. The summed E-state index contributed by atoms with van der Waals surface area (Å²) in [6, 6.07) is 7.96. The molecule has 0 saturated heterocycles. The van der Waals surface area contributed by atoms with Crippen LogP contribution in [-0.2, 0) is 0 Å². The maximum absolute atomic E-state index is 7.48. The zero-order valence-electron chi connectivity index (χ0n) is 10.6. The van der Waals surface area contributed by atoms with E-state index < -0.39 is 0 Å². The number of nitrogens with one attached hydrogen (secondary N) is 1. The van der Waals surface area contributed by atoms with Gasteiger partial charge in [0.25, 0.3) is 0 Å². The summed E-state index contributed by atoms with van der Waals surface area (Å²) in [7, 11) is 0. The maximum Gasteiger partial charge on any atom is 0.132 e. The second kappa shape index (κ2) is 5.96. The summed E-state index contributed by atoms with van der Waals surface area (Å²) in [4.78, 5) is 1.13. The van der Waals surface area contributed by atoms with E-state index in [1.54, 1.807) is 11.8 Å². The van der Waals surface area contributed by atoms with Crippen LogP contribution in [0, 0.1) is 10.8 Å². The van der Waals surface area contributed by atoms with Gasteiger partial charge in [0.15, 0.2) is 0 Å². The van der Waals surface area contributed by atoms with E-state index in [1.807, 2.05) is 44.4 Å². The summed E-state index contributed by atoms with van der Waals surface area (Å²) < 4.78 is 5.74. The lowest BCUT2D eigenvalue weighted by molar-refractivity contribution is 0.263. The van der Waals surface area contributed by atoms with Crippen molar-refractivity contribution in [2.75, 3.05) is 12.9 Å². The van der Waals surface area contributed by atoms with Crippen LogP contribution in [0.25, 0.3) is 0 Å². The van der Waals surface area contributed by atoms with Crippen molar-refractivity contribution in [3.05, 3.63) is 24.3 Å². The van der Waals surface area contributed by atoms with Crippen molar-refractivity contribution in [3.8, 4) is 5.75 Å². The summed E-state index contributed by atoms with van der Waals surface area (Å²) in [6.45, 7) is 4.49. The molecule has 0 radical (unpaired) electrons. The van der Waals surface area contributed by atoms with E-state index in [2.05, 4.69) is 0 Å². The average molecular weight is 252 g/mol. The standard InChI is InChI=1S/C13H20N2OS/c1-13(2,12(14)15)8-9-16-10-6-4-5-7-11(10)17-3/h4-7H,8-9H2,1-3H3,(H3,14,15). The van der Waals surface area contributed by atoms with Gasteiger partial charge in [-0.25, -0.2) is 0 Å². The second-order valence-electron chi connectivity index (χ2n) is 4.55. The molecule has 0 saturated carbocycles. The highest BCUT2D eigenvalue weighted by atomic mass is 32.2. The van der Waals surface area contributed by atoms with E-state index in [-0.39, 0.29) is 11.3 Å². The molecule has 0 aliphatic rings. The largest absolute Gasteiger partial charge is 0.492 e. The molecule has 94 valence electrons. The Labute approximate surface area is 107 Å². The Bertz CT molecular complexity index is 391. The van der Waals surface area contributed by atoms with Gasteiger partial charge in [0.1, 0.15) is 5.75 Å². The van der Waals surface area contributed by atoms with Crippen LogP contribution in [0.1, 0.15) is 20.3 Å². The van der Waals surface area contributed by atoms with Gasteiger partial charge in [-0.1, -0.05) is 26.0 Å². The van der Waals surface area contributed by atoms with Crippen LogP contribution in [0.2, 0.25) is 0 Å². The highest BCUT2D eigenvalue weighted by Crippen LogP contribution is 2.28. The molecule has 1 aromatic carbocycles. The summed E-state index contributed by atoms with van der Waals surface area (Å²) in [6.07, 6.45) is 2.77. The van der Waals surface area contributed by atoms with E-state index in [0.29, 0.717) is 6.61 Å². The lowest BCUT2D eigenvalue weighted by atomic mass is 9.88. The summed E-state index contributed by atoms with van der Waals surface area (Å²) >= 11 is 1.67. The minimum Gasteiger partial charge on any atom is -0.492 e. The highest BCUT2D eigenvalue weighted by Gasteiger charge is 2.21. The number of hydrogen-bond donors (Lipinski definition) is 2. The molecule has 0 aromatic heterocycles. The minimum atomic E-state index is -0.297.